The summed E-state index contributed by atoms with van der Waals surface area (Å²) in [5, 5.41) is 0. The predicted molar refractivity (Wildman–Crippen MR) is 53.2 cm³/mol. The second kappa shape index (κ2) is 4.37. The number of aromatic nitrogens is 1. The molecular formula is C9H11N3O. The van der Waals surface area contributed by atoms with Crippen molar-refractivity contribution < 1.29 is 4.74 Å². The van der Waals surface area contributed by atoms with Crippen LogP contribution in [-0.4, -0.2) is 18.4 Å². The lowest BCUT2D eigenvalue weighted by molar-refractivity contribution is 0.330. The predicted octanol–water partition coefficient (Wildman–Crippen LogP) is 1.35. The first kappa shape index (κ1) is 9.41. The third-order valence-corrected chi connectivity index (χ3v) is 1.51. The third kappa shape index (κ3) is 1.91. The van der Waals surface area contributed by atoms with Gasteiger partial charge in [0, 0.05) is 12.3 Å². The first-order chi connectivity index (χ1) is 6.33. The summed E-state index contributed by atoms with van der Waals surface area (Å²) in [4.78, 5) is 7.83. The number of aliphatic imine (C=N–C) groups is 1. The van der Waals surface area contributed by atoms with Gasteiger partial charge in [0.2, 0.25) is 0 Å². The van der Waals surface area contributed by atoms with Gasteiger partial charge in [-0.25, -0.2) is 0 Å². The van der Waals surface area contributed by atoms with Crippen molar-refractivity contribution in [3.63, 3.8) is 0 Å². The molecular weight excluding hydrogens is 166 g/mol. The first-order valence-electron chi connectivity index (χ1n) is 3.74. The van der Waals surface area contributed by atoms with Crippen LogP contribution in [0.1, 0.15) is 5.69 Å². The second-order valence-corrected chi connectivity index (χ2v) is 2.22. The van der Waals surface area contributed by atoms with Crippen LogP contribution in [0, 0.1) is 0 Å². The van der Waals surface area contributed by atoms with Crippen molar-refractivity contribution in [3.8, 4) is 5.75 Å². The Morgan fingerprint density at radius 2 is 2.46 bits per heavy atom. The Kier molecular flexibility index (Phi) is 3.16. The lowest BCUT2D eigenvalue weighted by Gasteiger charge is -2.07. The normalized spacial score (nSPS) is 9.31. The highest BCUT2D eigenvalue weighted by atomic mass is 16.5. The topological polar surface area (TPSA) is 60.5 Å². The van der Waals surface area contributed by atoms with Crippen LogP contribution in [-0.2, 0) is 0 Å². The van der Waals surface area contributed by atoms with Crippen molar-refractivity contribution in [1.29, 1.82) is 0 Å². The van der Waals surface area contributed by atoms with E-state index < -0.39 is 0 Å². The van der Waals surface area contributed by atoms with Gasteiger partial charge in [-0.3, -0.25) is 15.7 Å². The molecule has 0 radical (unpaired) electrons. The van der Waals surface area contributed by atoms with Gasteiger partial charge in [0.25, 0.3) is 0 Å². The maximum absolute atomic E-state index is 5.25. The number of hydrogen-bond donors (Lipinski definition) is 1. The van der Waals surface area contributed by atoms with Crippen molar-refractivity contribution >= 4 is 18.5 Å². The number of ether oxygens (including phenoxy) is 1. The van der Waals surface area contributed by atoms with E-state index in [1.54, 1.807) is 18.3 Å². The van der Waals surface area contributed by atoms with Crippen LogP contribution in [0.5, 0.6) is 5.75 Å². The highest BCUT2D eigenvalue weighted by molar-refractivity contribution is 5.67. The Bertz CT molecular complexity index is 323. The lowest BCUT2D eigenvalue weighted by atomic mass is 10.3. The van der Waals surface area contributed by atoms with Crippen molar-refractivity contribution in [2.24, 2.45) is 10.7 Å². The molecule has 0 amide bonds. The molecule has 1 rings (SSSR count). The molecule has 0 bridgehead atoms. The maximum Gasteiger partial charge on any atom is 0.150 e. The molecule has 4 nitrogen and oxygen atoms in total. The number of hydrogen-bond acceptors (Lipinski definition) is 4. The smallest absolute Gasteiger partial charge is 0.150 e. The molecule has 1 aromatic heterocycles. The van der Waals surface area contributed by atoms with E-state index in [9.17, 15) is 0 Å². The van der Waals surface area contributed by atoms with Gasteiger partial charge < -0.3 is 4.74 Å². The Hall–Kier alpha value is -1.68. The minimum absolute atomic E-state index is 0.100. The van der Waals surface area contributed by atoms with Crippen LogP contribution in [0.3, 0.4) is 0 Å². The maximum atomic E-state index is 5.25. The largest absolute Gasteiger partial charge is 0.476 e. The van der Waals surface area contributed by atoms with E-state index in [0.717, 1.165) is 0 Å². The zero-order valence-electron chi connectivity index (χ0n) is 7.23. The fourth-order valence-corrected chi connectivity index (χ4v) is 0.966. The SMILES string of the molecule is C=Cc1nccc(OCN)c1N=C. The number of rotatable bonds is 4. The second-order valence-electron chi connectivity index (χ2n) is 2.22. The van der Waals surface area contributed by atoms with Gasteiger partial charge in [-0.2, -0.15) is 0 Å². The Morgan fingerprint density at radius 3 is 3.00 bits per heavy atom. The molecule has 4 heteroatoms. The summed E-state index contributed by atoms with van der Waals surface area (Å²) < 4.78 is 5.13. The molecule has 0 aliphatic carbocycles. The highest BCUT2D eigenvalue weighted by Crippen LogP contribution is 2.29. The molecule has 2 N–H and O–H groups in total. The molecule has 0 saturated heterocycles. The minimum atomic E-state index is 0.100. The van der Waals surface area contributed by atoms with Gasteiger partial charge >= 0.3 is 0 Å². The first-order valence-corrected chi connectivity index (χ1v) is 3.74. The van der Waals surface area contributed by atoms with Crippen molar-refractivity contribution in [2.45, 2.75) is 0 Å². The molecule has 0 aliphatic heterocycles. The summed E-state index contributed by atoms with van der Waals surface area (Å²) in [5.74, 6) is 0.572. The molecule has 0 aromatic carbocycles. The van der Waals surface area contributed by atoms with Crippen molar-refractivity contribution in [2.75, 3.05) is 6.73 Å². The summed E-state index contributed by atoms with van der Waals surface area (Å²) in [5.41, 5.74) is 6.46. The van der Waals surface area contributed by atoms with Gasteiger partial charge in [0.15, 0.2) is 5.75 Å². The number of pyridine rings is 1. The van der Waals surface area contributed by atoms with Crippen LogP contribution >= 0.6 is 0 Å². The van der Waals surface area contributed by atoms with E-state index >= 15 is 0 Å². The molecule has 0 fully saturated rings. The van der Waals surface area contributed by atoms with Crippen LogP contribution in [0.15, 0.2) is 23.8 Å². The van der Waals surface area contributed by atoms with E-state index in [2.05, 4.69) is 23.3 Å². The average molecular weight is 177 g/mol. The molecule has 0 atom stereocenters. The van der Waals surface area contributed by atoms with Crippen LogP contribution in [0.2, 0.25) is 0 Å². The number of nitrogens with two attached hydrogens (primary N) is 1. The van der Waals surface area contributed by atoms with E-state index in [0.29, 0.717) is 17.1 Å². The molecule has 1 heterocycles. The van der Waals surface area contributed by atoms with Gasteiger partial charge in [-0.15, -0.1) is 0 Å². The third-order valence-electron chi connectivity index (χ3n) is 1.51. The Morgan fingerprint density at radius 1 is 1.69 bits per heavy atom. The quantitative estimate of drug-likeness (QED) is 0.557. The molecule has 0 unspecified atom stereocenters. The molecule has 0 spiro atoms. The summed E-state index contributed by atoms with van der Waals surface area (Å²) in [6.45, 7) is 7.13. The Labute approximate surface area is 76.8 Å². The van der Waals surface area contributed by atoms with Gasteiger partial charge in [-0.05, 0) is 12.8 Å². The standard InChI is InChI=1S/C9H11N3O/c1-3-7-9(11-2)8(13-6-10)4-5-12-7/h3-5H,1-2,6,10H2. The van der Waals surface area contributed by atoms with E-state index in [-0.39, 0.29) is 6.73 Å². The monoisotopic (exact) mass is 177 g/mol. The van der Waals surface area contributed by atoms with Gasteiger partial charge in [0.05, 0.1) is 5.69 Å². The summed E-state index contributed by atoms with van der Waals surface area (Å²) in [6.07, 6.45) is 3.20. The molecule has 68 valence electrons. The number of nitrogens with zero attached hydrogens (tertiary/aromatic N) is 2. The fourth-order valence-electron chi connectivity index (χ4n) is 0.966. The highest BCUT2D eigenvalue weighted by Gasteiger charge is 2.05. The average Bonchev–Trinajstić information content (AvgIpc) is 2.18. The lowest BCUT2D eigenvalue weighted by Crippen LogP contribution is -2.07. The summed E-state index contributed by atoms with van der Waals surface area (Å²) in [7, 11) is 0. The van der Waals surface area contributed by atoms with Crippen LogP contribution in [0.4, 0.5) is 5.69 Å². The van der Waals surface area contributed by atoms with E-state index in [1.807, 2.05) is 0 Å². The van der Waals surface area contributed by atoms with Gasteiger partial charge in [0.1, 0.15) is 12.4 Å². The minimum Gasteiger partial charge on any atom is -0.476 e. The van der Waals surface area contributed by atoms with Crippen molar-refractivity contribution in [1.82, 2.24) is 4.98 Å². The van der Waals surface area contributed by atoms with Gasteiger partial charge in [-0.1, -0.05) is 6.58 Å². The van der Waals surface area contributed by atoms with E-state index in [4.69, 9.17) is 10.5 Å². The molecule has 1 aromatic rings. The summed E-state index contributed by atoms with van der Waals surface area (Å²) in [6, 6.07) is 1.68. The van der Waals surface area contributed by atoms with Crippen LogP contribution < -0.4 is 10.5 Å². The fraction of sp³-hybridized carbons (Fsp3) is 0.111. The molecule has 13 heavy (non-hydrogen) atoms. The summed E-state index contributed by atoms with van der Waals surface area (Å²) >= 11 is 0. The molecule has 0 aliphatic rings. The Balaban J connectivity index is 3.18. The zero-order chi connectivity index (χ0) is 9.68. The van der Waals surface area contributed by atoms with Crippen molar-refractivity contribution in [3.05, 3.63) is 24.5 Å². The van der Waals surface area contributed by atoms with E-state index in [1.165, 1.54) is 0 Å². The van der Waals surface area contributed by atoms with Crippen LogP contribution in [0.25, 0.3) is 6.08 Å². The molecule has 0 saturated carbocycles. The zero-order valence-corrected chi connectivity index (χ0v) is 7.23.